The fraction of sp³-hybridized carbons (Fsp3) is 0.750. The van der Waals surface area contributed by atoms with E-state index in [-0.39, 0.29) is 0 Å². The van der Waals surface area contributed by atoms with Gasteiger partial charge < -0.3 is 4.90 Å². The van der Waals surface area contributed by atoms with Gasteiger partial charge in [-0.05, 0) is 5.92 Å². The molecule has 10 heavy (non-hydrogen) atoms. The van der Waals surface area contributed by atoms with E-state index in [1.165, 1.54) is 0 Å². The van der Waals surface area contributed by atoms with E-state index in [4.69, 9.17) is 0 Å². The van der Waals surface area contributed by atoms with Crippen molar-refractivity contribution in [3.8, 4) is 0 Å². The number of hydrogen-bond acceptors (Lipinski definition) is 1. The van der Waals surface area contributed by atoms with Crippen LogP contribution < -0.4 is 0 Å². The van der Waals surface area contributed by atoms with Gasteiger partial charge in [0.15, 0.2) is 0 Å². The van der Waals surface area contributed by atoms with Gasteiger partial charge in [-0.2, -0.15) is 0 Å². The summed E-state index contributed by atoms with van der Waals surface area (Å²) in [5.41, 5.74) is 1.06. The first-order chi connectivity index (χ1) is 4.61. The molecule has 58 valence electrons. The van der Waals surface area contributed by atoms with E-state index in [2.05, 4.69) is 20.4 Å². The molecule has 0 spiro atoms. The van der Waals surface area contributed by atoms with E-state index >= 15 is 0 Å². The normalized spacial score (nSPS) is 19.4. The summed E-state index contributed by atoms with van der Waals surface area (Å²) < 4.78 is 12.3. The van der Waals surface area contributed by atoms with Crippen LogP contribution in [0.5, 0.6) is 0 Å². The van der Waals surface area contributed by atoms with Gasteiger partial charge in [0.25, 0.3) is 0 Å². The monoisotopic (exact) mass is 143 g/mol. The minimum atomic E-state index is -0.615. The molecule has 0 atom stereocenters. The summed E-state index contributed by atoms with van der Waals surface area (Å²) >= 11 is 0. The Morgan fingerprint density at radius 1 is 1.60 bits per heavy atom. The number of nitrogens with zero attached hydrogens (tertiary/aromatic N) is 1. The van der Waals surface area contributed by atoms with E-state index in [1.54, 1.807) is 0 Å². The molecule has 1 heterocycles. The first kappa shape index (κ1) is 7.58. The van der Waals surface area contributed by atoms with Crippen molar-refractivity contribution in [1.82, 2.24) is 4.90 Å². The lowest BCUT2D eigenvalue weighted by molar-refractivity contribution is 0.0896. The molecule has 0 aromatic carbocycles. The maximum absolute atomic E-state index is 12.3. The Morgan fingerprint density at radius 3 is 2.40 bits per heavy atom. The molecule has 0 aromatic rings. The van der Waals surface area contributed by atoms with E-state index in [0.717, 1.165) is 5.70 Å². The molecule has 0 amide bonds. The third kappa shape index (κ3) is 1.31. The second-order valence-electron chi connectivity index (χ2n) is 3.15. The van der Waals surface area contributed by atoms with Crippen LogP contribution in [0.25, 0.3) is 0 Å². The van der Waals surface area contributed by atoms with E-state index in [1.807, 2.05) is 4.90 Å². The lowest BCUT2D eigenvalue weighted by Gasteiger charge is -2.39. The van der Waals surface area contributed by atoms with Crippen LogP contribution in [-0.2, 0) is 0 Å². The fourth-order valence-corrected chi connectivity index (χ4v) is 1.02. The molecule has 0 saturated carbocycles. The summed E-state index contributed by atoms with van der Waals surface area (Å²) in [7, 11) is 0. The Morgan fingerprint density at radius 2 is 2.10 bits per heavy atom. The summed E-state index contributed by atoms with van der Waals surface area (Å²) in [6.45, 7) is 9.13. The number of alkyl halides is 1. The average Bonchev–Trinajstić information content (AvgIpc) is 1.79. The van der Waals surface area contributed by atoms with Crippen LogP contribution in [0, 0.1) is 5.92 Å². The first-order valence-electron chi connectivity index (χ1n) is 3.69. The lowest BCUT2D eigenvalue weighted by atomic mass is 10.1. The standard InChI is InChI=1S/C8H14FN/c1-6(2)7(3)10-4-8(9)5-10/h6,8H,3-5H2,1-2H3. The molecular formula is C8H14FN. The van der Waals surface area contributed by atoms with Gasteiger partial charge in [0.05, 0.1) is 13.1 Å². The second kappa shape index (κ2) is 2.60. The highest BCUT2D eigenvalue weighted by atomic mass is 19.1. The van der Waals surface area contributed by atoms with Crippen LogP contribution >= 0.6 is 0 Å². The van der Waals surface area contributed by atoms with Gasteiger partial charge >= 0.3 is 0 Å². The minimum Gasteiger partial charge on any atom is -0.369 e. The average molecular weight is 143 g/mol. The van der Waals surface area contributed by atoms with Crippen LogP contribution in [0.3, 0.4) is 0 Å². The first-order valence-corrected chi connectivity index (χ1v) is 3.69. The highest BCUT2D eigenvalue weighted by molar-refractivity contribution is 5.02. The summed E-state index contributed by atoms with van der Waals surface area (Å²) in [6.07, 6.45) is -0.615. The van der Waals surface area contributed by atoms with Gasteiger partial charge in [-0.25, -0.2) is 4.39 Å². The third-order valence-corrected chi connectivity index (χ3v) is 1.91. The van der Waals surface area contributed by atoms with Gasteiger partial charge in [-0.1, -0.05) is 20.4 Å². The van der Waals surface area contributed by atoms with Crippen molar-refractivity contribution >= 4 is 0 Å². The zero-order valence-electron chi connectivity index (χ0n) is 6.60. The number of halogens is 1. The molecule has 1 aliphatic heterocycles. The zero-order valence-corrected chi connectivity index (χ0v) is 6.60. The Kier molecular flexibility index (Phi) is 1.97. The zero-order chi connectivity index (χ0) is 7.72. The van der Waals surface area contributed by atoms with Crippen LogP contribution in [0.15, 0.2) is 12.3 Å². The maximum atomic E-state index is 12.3. The maximum Gasteiger partial charge on any atom is 0.135 e. The number of rotatable bonds is 2. The molecular weight excluding hydrogens is 129 g/mol. The molecule has 1 rings (SSSR count). The fourth-order valence-electron chi connectivity index (χ4n) is 1.02. The van der Waals surface area contributed by atoms with Crippen LogP contribution in [-0.4, -0.2) is 24.2 Å². The molecule has 0 aromatic heterocycles. The largest absolute Gasteiger partial charge is 0.369 e. The van der Waals surface area contributed by atoms with Crippen molar-refractivity contribution in [1.29, 1.82) is 0 Å². The van der Waals surface area contributed by atoms with E-state index in [9.17, 15) is 4.39 Å². The summed E-state index contributed by atoms with van der Waals surface area (Å²) in [6, 6.07) is 0. The van der Waals surface area contributed by atoms with Crippen LogP contribution in [0.2, 0.25) is 0 Å². The van der Waals surface area contributed by atoms with Crippen molar-refractivity contribution in [2.24, 2.45) is 5.92 Å². The second-order valence-corrected chi connectivity index (χ2v) is 3.15. The predicted molar refractivity (Wildman–Crippen MR) is 40.4 cm³/mol. The van der Waals surface area contributed by atoms with Gasteiger partial charge in [0, 0.05) is 5.70 Å². The van der Waals surface area contributed by atoms with Crippen molar-refractivity contribution in [2.45, 2.75) is 20.0 Å². The molecule has 0 N–H and O–H groups in total. The Labute approximate surface area is 61.5 Å². The van der Waals surface area contributed by atoms with Gasteiger partial charge in [-0.3, -0.25) is 0 Å². The molecule has 1 fully saturated rings. The van der Waals surface area contributed by atoms with Crippen molar-refractivity contribution in [2.75, 3.05) is 13.1 Å². The Balaban J connectivity index is 2.31. The molecule has 0 bridgehead atoms. The molecule has 1 saturated heterocycles. The van der Waals surface area contributed by atoms with Crippen molar-refractivity contribution < 1.29 is 4.39 Å². The van der Waals surface area contributed by atoms with Crippen molar-refractivity contribution in [3.05, 3.63) is 12.3 Å². The van der Waals surface area contributed by atoms with Crippen LogP contribution in [0.4, 0.5) is 4.39 Å². The quantitative estimate of drug-likeness (QED) is 0.570. The highest BCUT2D eigenvalue weighted by Gasteiger charge is 2.27. The highest BCUT2D eigenvalue weighted by Crippen LogP contribution is 2.21. The lowest BCUT2D eigenvalue weighted by Crippen LogP contribution is -2.48. The summed E-state index contributed by atoms with van der Waals surface area (Å²) in [5, 5.41) is 0. The summed E-state index contributed by atoms with van der Waals surface area (Å²) in [5.74, 6) is 0.451. The predicted octanol–water partition coefficient (Wildman–Crippen LogP) is 1.81. The van der Waals surface area contributed by atoms with Crippen LogP contribution in [0.1, 0.15) is 13.8 Å². The number of allylic oxidation sites excluding steroid dienone is 1. The smallest absolute Gasteiger partial charge is 0.135 e. The Bertz CT molecular complexity index is 136. The molecule has 0 aliphatic carbocycles. The minimum absolute atomic E-state index is 0.451. The van der Waals surface area contributed by atoms with Gasteiger partial charge in [0.2, 0.25) is 0 Å². The Hall–Kier alpha value is -0.530. The summed E-state index contributed by atoms with van der Waals surface area (Å²) in [4.78, 5) is 2.00. The number of likely N-dealkylation sites (tertiary alicyclic amines) is 1. The van der Waals surface area contributed by atoms with Gasteiger partial charge in [0.1, 0.15) is 6.17 Å². The van der Waals surface area contributed by atoms with E-state index < -0.39 is 6.17 Å². The molecule has 0 radical (unpaired) electrons. The molecule has 1 aliphatic rings. The van der Waals surface area contributed by atoms with E-state index in [0.29, 0.717) is 19.0 Å². The molecule has 2 heteroatoms. The SMILES string of the molecule is C=C(C(C)C)N1CC(F)C1. The molecule has 1 nitrogen and oxygen atoms in total. The number of hydrogen-bond donors (Lipinski definition) is 0. The van der Waals surface area contributed by atoms with Crippen molar-refractivity contribution in [3.63, 3.8) is 0 Å². The molecule has 0 unspecified atom stereocenters. The topological polar surface area (TPSA) is 3.24 Å². The third-order valence-electron chi connectivity index (χ3n) is 1.91. The van der Waals surface area contributed by atoms with Gasteiger partial charge in [-0.15, -0.1) is 0 Å².